The van der Waals surface area contributed by atoms with Crippen molar-refractivity contribution in [1.82, 2.24) is 10.2 Å². The number of nitrogens with zero attached hydrogens (tertiary/aromatic N) is 3. The number of guanidine groups is 1. The van der Waals surface area contributed by atoms with Crippen molar-refractivity contribution in [3.05, 3.63) is 29.3 Å². The van der Waals surface area contributed by atoms with Gasteiger partial charge in [-0.3, -0.25) is 0 Å². The van der Waals surface area contributed by atoms with Crippen LogP contribution < -0.4 is 10.2 Å². The van der Waals surface area contributed by atoms with Gasteiger partial charge in [-0.25, -0.2) is 13.4 Å². The van der Waals surface area contributed by atoms with Gasteiger partial charge >= 0.3 is 0 Å². The molecule has 0 radical (unpaired) electrons. The molecule has 0 amide bonds. The Morgan fingerprint density at radius 3 is 2.62 bits per heavy atom. The number of hydrogen-bond donors (Lipinski definition) is 1. The number of aryl methyl sites for hydroxylation is 1. The van der Waals surface area contributed by atoms with Gasteiger partial charge in [-0.15, -0.1) is 0 Å². The SMILES string of the molecule is CCNC(=NCc1ccc(C)cc1N(C)C)N1CCS(=O)(=O)C(C)(C)C1. The fraction of sp³-hybridized carbons (Fsp3) is 0.632. The van der Waals surface area contributed by atoms with E-state index in [2.05, 4.69) is 40.2 Å². The van der Waals surface area contributed by atoms with Crippen LogP contribution in [0.4, 0.5) is 5.69 Å². The molecule has 1 aromatic carbocycles. The molecular weight excluding hydrogens is 348 g/mol. The highest BCUT2D eigenvalue weighted by Crippen LogP contribution is 2.24. The van der Waals surface area contributed by atoms with Crippen molar-refractivity contribution in [3.63, 3.8) is 0 Å². The molecule has 6 nitrogen and oxygen atoms in total. The number of aliphatic imine (C=N–C) groups is 1. The molecule has 1 aliphatic heterocycles. The lowest BCUT2D eigenvalue weighted by molar-refractivity contribution is 0.353. The first-order valence-corrected chi connectivity index (χ1v) is 10.7. The largest absolute Gasteiger partial charge is 0.377 e. The summed E-state index contributed by atoms with van der Waals surface area (Å²) in [5, 5.41) is 3.32. The standard InChI is InChI=1S/C19H32N4O2S/c1-7-20-18(23-10-11-26(24,25)19(3,4)14-23)21-13-16-9-8-15(2)12-17(16)22(5)6/h8-9,12H,7,10-11,13-14H2,1-6H3,(H,20,21). The molecule has 1 saturated heterocycles. The summed E-state index contributed by atoms with van der Waals surface area (Å²) in [5.41, 5.74) is 3.53. The van der Waals surface area contributed by atoms with Crippen LogP contribution in [0.5, 0.6) is 0 Å². The van der Waals surface area contributed by atoms with Crippen LogP contribution in [0, 0.1) is 6.92 Å². The lowest BCUT2D eigenvalue weighted by atomic mass is 10.1. The molecule has 2 rings (SSSR count). The van der Waals surface area contributed by atoms with Crippen molar-refractivity contribution in [2.24, 2.45) is 4.99 Å². The predicted octanol–water partition coefficient (Wildman–Crippen LogP) is 2.04. The van der Waals surface area contributed by atoms with Crippen molar-refractivity contribution >= 4 is 21.5 Å². The van der Waals surface area contributed by atoms with Gasteiger partial charge in [0.1, 0.15) is 0 Å². The molecule has 0 aliphatic carbocycles. The van der Waals surface area contributed by atoms with Crippen LogP contribution in [-0.2, 0) is 16.4 Å². The summed E-state index contributed by atoms with van der Waals surface area (Å²) in [6.07, 6.45) is 0. The third-order valence-corrected chi connectivity index (χ3v) is 7.33. The van der Waals surface area contributed by atoms with Crippen molar-refractivity contribution in [3.8, 4) is 0 Å². The van der Waals surface area contributed by atoms with Crippen molar-refractivity contribution in [1.29, 1.82) is 0 Å². The number of rotatable bonds is 4. The second-order valence-corrected chi connectivity index (χ2v) is 10.4. The van der Waals surface area contributed by atoms with Crippen LogP contribution in [0.1, 0.15) is 31.9 Å². The molecule has 1 aliphatic rings. The zero-order valence-corrected chi connectivity index (χ0v) is 17.7. The highest BCUT2D eigenvalue weighted by Gasteiger charge is 2.40. The number of nitrogens with one attached hydrogen (secondary N) is 1. The Labute approximate surface area is 158 Å². The molecule has 0 bridgehead atoms. The molecule has 1 heterocycles. The van der Waals surface area contributed by atoms with E-state index >= 15 is 0 Å². The van der Waals surface area contributed by atoms with E-state index in [-0.39, 0.29) is 5.75 Å². The zero-order valence-electron chi connectivity index (χ0n) is 16.8. The van der Waals surface area contributed by atoms with Gasteiger partial charge in [-0.2, -0.15) is 0 Å². The van der Waals surface area contributed by atoms with Crippen molar-refractivity contribution in [2.45, 2.75) is 39.0 Å². The summed E-state index contributed by atoms with van der Waals surface area (Å²) in [6.45, 7) is 9.93. The molecule has 0 aromatic heterocycles. The number of benzene rings is 1. The van der Waals surface area contributed by atoms with E-state index < -0.39 is 14.6 Å². The lowest BCUT2D eigenvalue weighted by Crippen LogP contribution is -2.57. The normalized spacial score (nSPS) is 19.3. The maximum atomic E-state index is 12.3. The van der Waals surface area contributed by atoms with Gasteiger partial charge in [0.15, 0.2) is 15.8 Å². The summed E-state index contributed by atoms with van der Waals surface area (Å²) in [6, 6.07) is 6.37. The van der Waals surface area contributed by atoms with Gasteiger partial charge in [0.05, 0.1) is 17.0 Å². The highest BCUT2D eigenvalue weighted by molar-refractivity contribution is 7.92. The fourth-order valence-electron chi connectivity index (χ4n) is 3.13. The van der Waals surface area contributed by atoms with E-state index in [1.54, 1.807) is 13.8 Å². The molecule has 0 unspecified atom stereocenters. The van der Waals surface area contributed by atoms with E-state index in [1.807, 2.05) is 21.0 Å². The van der Waals surface area contributed by atoms with Gasteiger partial charge in [-0.1, -0.05) is 12.1 Å². The van der Waals surface area contributed by atoms with Gasteiger partial charge in [0, 0.05) is 39.4 Å². The minimum Gasteiger partial charge on any atom is -0.377 e. The monoisotopic (exact) mass is 380 g/mol. The van der Waals surface area contributed by atoms with Crippen molar-refractivity contribution in [2.75, 3.05) is 44.4 Å². The van der Waals surface area contributed by atoms with Gasteiger partial charge in [0.2, 0.25) is 0 Å². The van der Waals surface area contributed by atoms with Crippen LogP contribution in [0.15, 0.2) is 23.2 Å². The van der Waals surface area contributed by atoms with Crippen LogP contribution in [0.3, 0.4) is 0 Å². The molecule has 1 N–H and O–H groups in total. The van der Waals surface area contributed by atoms with E-state index in [4.69, 9.17) is 4.99 Å². The quantitative estimate of drug-likeness (QED) is 0.640. The average Bonchev–Trinajstić information content (AvgIpc) is 2.55. The number of sulfone groups is 1. The Morgan fingerprint density at radius 2 is 2.04 bits per heavy atom. The third-order valence-electron chi connectivity index (χ3n) is 4.80. The molecule has 1 fully saturated rings. The Balaban J connectivity index is 2.26. The fourth-order valence-corrected chi connectivity index (χ4v) is 4.50. The molecule has 1 aromatic rings. The van der Waals surface area contributed by atoms with E-state index in [9.17, 15) is 8.42 Å². The molecule has 146 valence electrons. The average molecular weight is 381 g/mol. The minimum atomic E-state index is -3.06. The van der Waals surface area contributed by atoms with E-state index in [0.717, 1.165) is 23.8 Å². The summed E-state index contributed by atoms with van der Waals surface area (Å²) >= 11 is 0. The molecule has 7 heteroatoms. The van der Waals surface area contributed by atoms with Gasteiger partial charge < -0.3 is 15.1 Å². The molecule has 0 spiro atoms. The molecule has 26 heavy (non-hydrogen) atoms. The summed E-state index contributed by atoms with van der Waals surface area (Å²) in [5.74, 6) is 0.943. The van der Waals surface area contributed by atoms with Crippen LogP contribution in [-0.4, -0.2) is 63.5 Å². The van der Waals surface area contributed by atoms with Crippen LogP contribution in [0.25, 0.3) is 0 Å². The zero-order chi connectivity index (χ0) is 19.5. The second-order valence-electron chi connectivity index (χ2n) is 7.70. The summed E-state index contributed by atoms with van der Waals surface area (Å²) in [4.78, 5) is 8.97. The van der Waals surface area contributed by atoms with E-state index in [1.165, 1.54) is 5.56 Å². The maximum absolute atomic E-state index is 12.3. The Kier molecular flexibility index (Phi) is 6.21. The molecule has 0 saturated carbocycles. The first-order chi connectivity index (χ1) is 12.1. The van der Waals surface area contributed by atoms with Gasteiger partial charge in [-0.05, 0) is 44.9 Å². The highest BCUT2D eigenvalue weighted by atomic mass is 32.2. The topological polar surface area (TPSA) is 65.0 Å². The Morgan fingerprint density at radius 1 is 1.35 bits per heavy atom. The van der Waals surface area contributed by atoms with Gasteiger partial charge in [0.25, 0.3) is 0 Å². The summed E-state index contributed by atoms with van der Waals surface area (Å²) < 4.78 is 23.8. The van der Waals surface area contributed by atoms with E-state index in [0.29, 0.717) is 19.6 Å². The van der Waals surface area contributed by atoms with Crippen molar-refractivity contribution < 1.29 is 8.42 Å². The first-order valence-electron chi connectivity index (χ1n) is 9.10. The Hall–Kier alpha value is -1.76. The number of anilines is 1. The predicted molar refractivity (Wildman–Crippen MR) is 110 cm³/mol. The molecule has 0 atom stereocenters. The minimum absolute atomic E-state index is 0.165. The Bertz CT molecular complexity index is 770. The summed E-state index contributed by atoms with van der Waals surface area (Å²) in [7, 11) is 1.00. The lowest BCUT2D eigenvalue weighted by Gasteiger charge is -2.39. The smallest absolute Gasteiger partial charge is 0.194 e. The second kappa shape index (κ2) is 7.86. The van der Waals surface area contributed by atoms with Crippen LogP contribution in [0.2, 0.25) is 0 Å². The first kappa shape index (κ1) is 20.6. The van der Waals surface area contributed by atoms with Crippen LogP contribution >= 0.6 is 0 Å². The maximum Gasteiger partial charge on any atom is 0.194 e. The number of hydrogen-bond acceptors (Lipinski definition) is 4. The molecular formula is C19H32N4O2S. The third kappa shape index (κ3) is 4.50.